The summed E-state index contributed by atoms with van der Waals surface area (Å²) in [6.07, 6.45) is -4.80. The number of hydrogen-bond acceptors (Lipinski definition) is 6. The van der Waals surface area contributed by atoms with Crippen molar-refractivity contribution in [1.82, 2.24) is 9.97 Å². The molecule has 0 bridgehead atoms. The Labute approximate surface area is 175 Å². The number of ether oxygens (including phenoxy) is 1. The van der Waals surface area contributed by atoms with Crippen molar-refractivity contribution in [3.05, 3.63) is 53.6 Å². The number of halogens is 4. The lowest BCUT2D eigenvalue weighted by molar-refractivity contribution is -0.274. The summed E-state index contributed by atoms with van der Waals surface area (Å²) >= 11 is 5.98. The first kappa shape index (κ1) is 21.5. The lowest BCUT2D eigenvalue weighted by Gasteiger charge is -2.14. The van der Waals surface area contributed by atoms with Crippen molar-refractivity contribution < 1.29 is 23.0 Å². The van der Waals surface area contributed by atoms with Crippen LogP contribution in [0.1, 0.15) is 13.8 Å². The van der Waals surface area contributed by atoms with Gasteiger partial charge in [0.15, 0.2) is 0 Å². The number of anilines is 3. The van der Waals surface area contributed by atoms with Crippen molar-refractivity contribution in [2.45, 2.75) is 26.3 Å². The van der Waals surface area contributed by atoms with Crippen LogP contribution >= 0.6 is 11.6 Å². The predicted octanol–water partition coefficient (Wildman–Crippen LogP) is 5.97. The molecule has 0 aliphatic heterocycles. The van der Waals surface area contributed by atoms with E-state index in [0.29, 0.717) is 27.8 Å². The summed E-state index contributed by atoms with van der Waals surface area (Å²) in [6, 6.07) is 11.5. The molecule has 158 valence electrons. The maximum absolute atomic E-state index is 12.6. The van der Waals surface area contributed by atoms with Gasteiger partial charge in [-0.05, 0) is 44.2 Å². The van der Waals surface area contributed by atoms with Crippen molar-refractivity contribution in [1.29, 1.82) is 0 Å². The predicted molar refractivity (Wildman–Crippen MR) is 109 cm³/mol. The zero-order valence-corrected chi connectivity index (χ0v) is 16.7. The number of aromatic hydroxyl groups is 1. The van der Waals surface area contributed by atoms with Gasteiger partial charge in [-0.2, -0.15) is 4.98 Å². The molecule has 0 amide bonds. The highest BCUT2D eigenvalue weighted by atomic mass is 35.5. The Morgan fingerprint density at radius 2 is 1.83 bits per heavy atom. The summed E-state index contributed by atoms with van der Waals surface area (Å²) in [5.41, 5.74) is 1.06. The van der Waals surface area contributed by atoms with Crippen LogP contribution < -0.4 is 15.4 Å². The molecule has 0 aliphatic carbocycles. The lowest BCUT2D eigenvalue weighted by atomic mass is 10.1. The van der Waals surface area contributed by atoms with Crippen molar-refractivity contribution in [3.63, 3.8) is 0 Å². The van der Waals surface area contributed by atoms with Crippen LogP contribution in [-0.4, -0.2) is 27.5 Å². The molecule has 0 spiro atoms. The van der Waals surface area contributed by atoms with Gasteiger partial charge in [0.2, 0.25) is 5.95 Å². The summed E-state index contributed by atoms with van der Waals surface area (Å²) in [7, 11) is 0. The molecule has 0 radical (unpaired) electrons. The molecule has 10 heteroatoms. The zero-order valence-electron chi connectivity index (χ0n) is 16.0. The van der Waals surface area contributed by atoms with Crippen molar-refractivity contribution in [2.75, 3.05) is 10.6 Å². The van der Waals surface area contributed by atoms with Gasteiger partial charge >= 0.3 is 6.36 Å². The highest BCUT2D eigenvalue weighted by molar-refractivity contribution is 6.31. The molecular weight excluding hydrogens is 421 g/mol. The molecule has 30 heavy (non-hydrogen) atoms. The fourth-order valence-corrected chi connectivity index (χ4v) is 2.75. The number of phenolic OH excluding ortho intramolecular Hbond substituents is 1. The zero-order chi connectivity index (χ0) is 21.9. The molecule has 3 N–H and O–H groups in total. The first-order valence-corrected chi connectivity index (χ1v) is 9.24. The molecule has 0 fully saturated rings. The van der Waals surface area contributed by atoms with Crippen molar-refractivity contribution in [2.24, 2.45) is 0 Å². The van der Waals surface area contributed by atoms with Gasteiger partial charge in [-0.25, -0.2) is 4.98 Å². The van der Waals surface area contributed by atoms with Gasteiger partial charge in [-0.15, -0.1) is 13.2 Å². The summed E-state index contributed by atoms with van der Waals surface area (Å²) in [4.78, 5) is 8.72. The number of hydrogen-bond donors (Lipinski definition) is 3. The van der Waals surface area contributed by atoms with E-state index in [9.17, 15) is 18.3 Å². The van der Waals surface area contributed by atoms with E-state index in [1.165, 1.54) is 36.4 Å². The minimum atomic E-state index is -4.80. The largest absolute Gasteiger partial charge is 0.573 e. The second-order valence-corrected chi connectivity index (χ2v) is 7.06. The summed E-state index contributed by atoms with van der Waals surface area (Å²) in [5, 5.41) is 16.5. The Morgan fingerprint density at radius 1 is 1.07 bits per heavy atom. The Kier molecular flexibility index (Phi) is 6.21. The number of benzene rings is 2. The highest BCUT2D eigenvalue weighted by Gasteiger charge is 2.31. The molecule has 3 rings (SSSR count). The van der Waals surface area contributed by atoms with Gasteiger partial charge in [0.05, 0.1) is 11.4 Å². The summed E-state index contributed by atoms with van der Waals surface area (Å²) in [6.45, 7) is 3.79. The third kappa shape index (κ3) is 5.90. The normalized spacial score (nSPS) is 11.4. The van der Waals surface area contributed by atoms with Crippen LogP contribution in [0.5, 0.6) is 11.5 Å². The number of phenols is 1. The van der Waals surface area contributed by atoms with Crippen molar-refractivity contribution in [3.8, 4) is 22.8 Å². The summed E-state index contributed by atoms with van der Waals surface area (Å²) < 4.78 is 41.7. The Bertz CT molecular complexity index is 1040. The molecule has 0 aliphatic rings. The smallest absolute Gasteiger partial charge is 0.506 e. The maximum atomic E-state index is 12.6. The van der Waals surface area contributed by atoms with E-state index in [0.717, 1.165) is 0 Å². The number of alkyl halides is 3. The molecule has 0 saturated heterocycles. The standard InChI is InChI=1S/C20H18ClF3N4O2/c1-11(2)25-19-27-15(12-4-3-5-14(8-12)30-20(22,23)24)10-18(28-19)26-16-9-13(21)6-7-17(16)29/h3-11,29H,1-2H3,(H2,25,26,27,28). The van der Waals surface area contributed by atoms with Gasteiger partial charge in [0, 0.05) is 22.7 Å². The van der Waals surface area contributed by atoms with Gasteiger partial charge in [0.25, 0.3) is 0 Å². The van der Waals surface area contributed by atoms with E-state index in [4.69, 9.17) is 11.6 Å². The number of rotatable bonds is 6. The first-order valence-electron chi connectivity index (χ1n) is 8.86. The van der Waals surface area contributed by atoms with Crippen LogP contribution in [0.2, 0.25) is 5.02 Å². The van der Waals surface area contributed by atoms with E-state index < -0.39 is 6.36 Å². The molecule has 0 saturated carbocycles. The molecule has 3 aromatic rings. The minimum Gasteiger partial charge on any atom is -0.506 e. The lowest BCUT2D eigenvalue weighted by Crippen LogP contribution is -2.17. The van der Waals surface area contributed by atoms with Crippen LogP contribution in [0.4, 0.5) is 30.6 Å². The average molecular weight is 439 g/mol. The quantitative estimate of drug-likeness (QED) is 0.412. The molecule has 6 nitrogen and oxygen atoms in total. The monoisotopic (exact) mass is 438 g/mol. The number of nitrogens with one attached hydrogen (secondary N) is 2. The number of aromatic nitrogens is 2. The summed E-state index contributed by atoms with van der Waals surface area (Å²) in [5.74, 6) is 0.161. The topological polar surface area (TPSA) is 79.3 Å². The molecule has 0 unspecified atom stereocenters. The molecule has 1 aromatic heterocycles. The van der Waals surface area contributed by atoms with Crippen LogP contribution in [0, 0.1) is 0 Å². The first-order chi connectivity index (χ1) is 14.1. The van der Waals surface area contributed by atoms with E-state index in [-0.39, 0.29) is 23.5 Å². The van der Waals surface area contributed by atoms with E-state index in [2.05, 4.69) is 25.3 Å². The fourth-order valence-electron chi connectivity index (χ4n) is 2.58. The Morgan fingerprint density at radius 3 is 2.53 bits per heavy atom. The van der Waals surface area contributed by atoms with Gasteiger partial charge in [-0.3, -0.25) is 0 Å². The van der Waals surface area contributed by atoms with Crippen LogP contribution in [0.25, 0.3) is 11.3 Å². The van der Waals surface area contributed by atoms with E-state index in [1.807, 2.05) is 13.8 Å². The number of nitrogens with zero attached hydrogens (tertiary/aromatic N) is 2. The second-order valence-electron chi connectivity index (χ2n) is 6.62. The molecule has 2 aromatic carbocycles. The van der Waals surface area contributed by atoms with Crippen LogP contribution in [-0.2, 0) is 0 Å². The molecule has 1 heterocycles. The fraction of sp³-hybridized carbons (Fsp3) is 0.200. The molecular formula is C20H18ClF3N4O2. The minimum absolute atomic E-state index is 0.00701. The van der Waals surface area contributed by atoms with Crippen LogP contribution in [0.15, 0.2) is 48.5 Å². The van der Waals surface area contributed by atoms with Gasteiger partial charge in [-0.1, -0.05) is 23.7 Å². The van der Waals surface area contributed by atoms with E-state index in [1.54, 1.807) is 12.1 Å². The Balaban J connectivity index is 2.01. The SMILES string of the molecule is CC(C)Nc1nc(Nc2cc(Cl)ccc2O)cc(-c2cccc(OC(F)(F)F)c2)n1. The highest BCUT2D eigenvalue weighted by Crippen LogP contribution is 2.32. The van der Waals surface area contributed by atoms with Gasteiger partial charge in [0.1, 0.15) is 17.3 Å². The third-order valence-corrected chi connectivity index (χ3v) is 3.96. The van der Waals surface area contributed by atoms with E-state index >= 15 is 0 Å². The Hall–Kier alpha value is -3.20. The van der Waals surface area contributed by atoms with Crippen LogP contribution in [0.3, 0.4) is 0 Å². The second kappa shape index (κ2) is 8.66. The van der Waals surface area contributed by atoms with Crippen molar-refractivity contribution >= 4 is 29.1 Å². The molecule has 0 atom stereocenters. The third-order valence-electron chi connectivity index (χ3n) is 3.73. The average Bonchev–Trinajstić information content (AvgIpc) is 2.63. The van der Waals surface area contributed by atoms with Gasteiger partial charge < -0.3 is 20.5 Å². The maximum Gasteiger partial charge on any atom is 0.573 e.